The lowest BCUT2D eigenvalue weighted by Gasteiger charge is -2.28. The van der Waals surface area contributed by atoms with Gasteiger partial charge in [0.15, 0.2) is 5.13 Å². The molecule has 92 valence electrons. The molecule has 0 radical (unpaired) electrons. The minimum absolute atomic E-state index is 0.126. The largest absolute Gasteiger partial charge is 0.436 e. The van der Waals surface area contributed by atoms with Gasteiger partial charge in [-0.2, -0.15) is 26.3 Å². The van der Waals surface area contributed by atoms with E-state index in [-0.39, 0.29) is 17.5 Å². The van der Waals surface area contributed by atoms with E-state index in [1.165, 1.54) is 0 Å². The number of rotatable bonds is 1. The monoisotopic (exact) mass is 268 g/mol. The summed E-state index contributed by atoms with van der Waals surface area (Å²) in [7, 11) is 0. The Bertz CT molecular complexity index is 365. The fraction of sp³-hybridized carbons (Fsp3) is 0.500. The van der Waals surface area contributed by atoms with Crippen molar-refractivity contribution in [3.8, 4) is 0 Å². The molecule has 2 N–H and O–H groups in total. The quantitative estimate of drug-likeness (QED) is 0.795. The molecule has 0 aliphatic heterocycles. The van der Waals surface area contributed by atoms with Gasteiger partial charge >= 0.3 is 18.0 Å². The van der Waals surface area contributed by atoms with Crippen molar-refractivity contribution in [2.24, 2.45) is 0 Å². The number of halogens is 7. The molecule has 0 aromatic carbocycles. The Morgan fingerprint density at radius 2 is 1.44 bits per heavy atom. The maximum absolute atomic E-state index is 13.2. The molecule has 16 heavy (non-hydrogen) atoms. The predicted octanol–water partition coefficient (Wildman–Crippen LogP) is 3.01. The van der Waals surface area contributed by atoms with E-state index in [1.54, 1.807) is 0 Å². The maximum Gasteiger partial charge on any atom is 0.436 e. The van der Waals surface area contributed by atoms with Gasteiger partial charge in [0.2, 0.25) is 0 Å². The summed E-state index contributed by atoms with van der Waals surface area (Å²) in [4.78, 5) is 1.33. The van der Waals surface area contributed by atoms with Crippen LogP contribution >= 0.6 is 11.3 Å². The lowest BCUT2D eigenvalue weighted by molar-refractivity contribution is -0.347. The van der Waals surface area contributed by atoms with Crippen LogP contribution in [0.1, 0.15) is 4.88 Å². The molecule has 1 aromatic heterocycles. The number of hydrogen-bond donors (Lipinski definition) is 1. The van der Waals surface area contributed by atoms with Crippen LogP contribution in [0.15, 0.2) is 6.20 Å². The van der Waals surface area contributed by atoms with Crippen LogP contribution in [0.2, 0.25) is 0 Å². The highest BCUT2D eigenvalue weighted by Gasteiger charge is 2.74. The normalized spacial score (nSPS) is 14.2. The van der Waals surface area contributed by atoms with Crippen LogP contribution in [0.25, 0.3) is 0 Å². The van der Waals surface area contributed by atoms with Crippen molar-refractivity contribution >= 4 is 16.5 Å². The van der Waals surface area contributed by atoms with Gasteiger partial charge in [-0.05, 0) is 0 Å². The minimum Gasteiger partial charge on any atom is -0.375 e. The number of nitrogens with zero attached hydrogens (tertiary/aromatic N) is 1. The molecule has 0 saturated heterocycles. The van der Waals surface area contributed by atoms with Crippen LogP contribution in [0.4, 0.5) is 35.9 Å². The van der Waals surface area contributed by atoms with Crippen LogP contribution in [0.3, 0.4) is 0 Å². The summed E-state index contributed by atoms with van der Waals surface area (Å²) in [5, 5.41) is -0.578. The molecular formula is C6H3F7N2S. The van der Waals surface area contributed by atoms with Crippen molar-refractivity contribution < 1.29 is 30.7 Å². The third-order valence-electron chi connectivity index (χ3n) is 1.64. The first-order chi connectivity index (χ1) is 7.00. The zero-order valence-electron chi connectivity index (χ0n) is 7.16. The van der Waals surface area contributed by atoms with E-state index in [0.29, 0.717) is 0 Å². The van der Waals surface area contributed by atoms with Crippen molar-refractivity contribution in [3.63, 3.8) is 0 Å². The second kappa shape index (κ2) is 3.47. The number of nitrogen functional groups attached to an aromatic ring is 1. The van der Waals surface area contributed by atoms with Gasteiger partial charge < -0.3 is 5.73 Å². The number of aromatic nitrogens is 1. The Labute approximate surface area is 87.9 Å². The number of anilines is 1. The molecule has 10 heteroatoms. The third kappa shape index (κ3) is 1.81. The molecule has 0 aliphatic rings. The fourth-order valence-corrected chi connectivity index (χ4v) is 1.70. The van der Waals surface area contributed by atoms with Gasteiger partial charge in [0.05, 0.1) is 4.88 Å². The standard InChI is InChI=1S/C6H3F7N2S/c7-4(5(8,9)10,6(11,12)13)2-1-15-3(14)16-2/h1H,(H2,14,15). The molecule has 1 aromatic rings. The second-order valence-corrected chi connectivity index (χ2v) is 3.78. The van der Waals surface area contributed by atoms with E-state index < -0.39 is 28.0 Å². The zero-order valence-corrected chi connectivity index (χ0v) is 7.97. The Kier molecular flexibility index (Phi) is 2.82. The molecule has 0 amide bonds. The first kappa shape index (κ1) is 13.0. The molecule has 2 nitrogen and oxygen atoms in total. The van der Waals surface area contributed by atoms with Gasteiger partial charge in [-0.1, -0.05) is 11.3 Å². The molecule has 1 rings (SSSR count). The van der Waals surface area contributed by atoms with Crippen LogP contribution in [0, 0.1) is 0 Å². The summed E-state index contributed by atoms with van der Waals surface area (Å²) in [6.45, 7) is 0. The predicted molar refractivity (Wildman–Crippen MR) is 41.4 cm³/mol. The van der Waals surface area contributed by atoms with E-state index in [0.717, 1.165) is 0 Å². The van der Waals surface area contributed by atoms with Gasteiger partial charge in [-0.3, -0.25) is 0 Å². The molecule has 0 atom stereocenters. The van der Waals surface area contributed by atoms with Crippen LogP contribution in [-0.4, -0.2) is 17.3 Å². The van der Waals surface area contributed by atoms with Crippen LogP contribution in [-0.2, 0) is 5.67 Å². The first-order valence-electron chi connectivity index (χ1n) is 3.54. The van der Waals surface area contributed by atoms with Gasteiger partial charge in [0.25, 0.3) is 0 Å². The Morgan fingerprint density at radius 3 is 1.69 bits per heavy atom. The summed E-state index contributed by atoms with van der Waals surface area (Å²) < 4.78 is 86.0. The van der Waals surface area contributed by atoms with Gasteiger partial charge in [-0.25, -0.2) is 9.37 Å². The molecule has 0 fully saturated rings. The number of hydrogen-bond acceptors (Lipinski definition) is 3. The highest BCUT2D eigenvalue weighted by Crippen LogP contribution is 2.54. The van der Waals surface area contributed by atoms with Crippen LogP contribution < -0.4 is 5.73 Å². The lowest BCUT2D eigenvalue weighted by atomic mass is 10.0. The molecule has 1 heterocycles. The topological polar surface area (TPSA) is 38.9 Å². The Balaban J connectivity index is 3.38. The summed E-state index contributed by atoms with van der Waals surface area (Å²) >= 11 is -0.200. The van der Waals surface area contributed by atoms with Crippen molar-refractivity contribution in [2.45, 2.75) is 18.0 Å². The zero-order chi connectivity index (χ0) is 12.8. The number of thiazole rings is 1. The fourth-order valence-electron chi connectivity index (χ4n) is 0.887. The molecule has 0 saturated carbocycles. The molecule has 0 bridgehead atoms. The van der Waals surface area contributed by atoms with E-state index in [1.807, 2.05) is 0 Å². The summed E-state index contributed by atoms with van der Waals surface area (Å²) in [6, 6.07) is 0. The number of nitrogens with two attached hydrogens (primary N) is 1. The van der Waals surface area contributed by atoms with E-state index in [2.05, 4.69) is 4.98 Å². The first-order valence-corrected chi connectivity index (χ1v) is 4.36. The van der Waals surface area contributed by atoms with E-state index >= 15 is 0 Å². The molecule has 0 aliphatic carbocycles. The molecule has 0 spiro atoms. The average molecular weight is 268 g/mol. The highest BCUT2D eigenvalue weighted by molar-refractivity contribution is 7.15. The van der Waals surface area contributed by atoms with Crippen molar-refractivity contribution in [1.82, 2.24) is 4.98 Å². The SMILES string of the molecule is Nc1ncc(C(F)(C(F)(F)F)C(F)(F)F)s1. The van der Waals surface area contributed by atoms with Crippen LogP contribution in [0.5, 0.6) is 0 Å². The smallest absolute Gasteiger partial charge is 0.375 e. The second-order valence-electron chi connectivity index (χ2n) is 2.72. The average Bonchev–Trinajstić information content (AvgIpc) is 2.46. The Hall–Kier alpha value is -1.06. The third-order valence-corrected chi connectivity index (χ3v) is 2.57. The summed E-state index contributed by atoms with van der Waals surface area (Å²) in [5.41, 5.74) is -0.567. The summed E-state index contributed by atoms with van der Waals surface area (Å²) in [6.07, 6.45) is -12.1. The van der Waals surface area contributed by atoms with E-state index in [9.17, 15) is 30.7 Å². The minimum atomic E-state index is -6.12. The van der Waals surface area contributed by atoms with Gasteiger partial charge in [-0.15, -0.1) is 0 Å². The maximum atomic E-state index is 13.2. The van der Waals surface area contributed by atoms with Crippen molar-refractivity contribution in [2.75, 3.05) is 5.73 Å². The van der Waals surface area contributed by atoms with Crippen molar-refractivity contribution in [3.05, 3.63) is 11.1 Å². The Morgan fingerprint density at radius 1 is 1.00 bits per heavy atom. The van der Waals surface area contributed by atoms with E-state index in [4.69, 9.17) is 5.73 Å². The van der Waals surface area contributed by atoms with Gasteiger partial charge in [0.1, 0.15) is 0 Å². The molecule has 0 unspecified atom stereocenters. The lowest BCUT2D eigenvalue weighted by Crippen LogP contribution is -2.49. The molecular weight excluding hydrogens is 265 g/mol. The highest BCUT2D eigenvalue weighted by atomic mass is 32.1. The van der Waals surface area contributed by atoms with Gasteiger partial charge in [0, 0.05) is 6.20 Å². The van der Waals surface area contributed by atoms with Crippen molar-refractivity contribution in [1.29, 1.82) is 0 Å². The summed E-state index contributed by atoms with van der Waals surface area (Å²) in [5.74, 6) is 0. The number of alkyl halides is 7.